The van der Waals surface area contributed by atoms with Crippen LogP contribution in [-0.4, -0.2) is 0 Å². The van der Waals surface area contributed by atoms with Gasteiger partial charge in [0.05, 0.1) is 0 Å². The molecule has 0 bridgehead atoms. The maximum Gasteiger partial charge on any atom is 0.0131 e. The Morgan fingerprint density at radius 1 is 1.19 bits per heavy atom. The fourth-order valence-corrected chi connectivity index (χ4v) is 2.55. The van der Waals surface area contributed by atoms with Crippen molar-refractivity contribution < 1.29 is 0 Å². The van der Waals surface area contributed by atoms with Gasteiger partial charge in [-0.3, -0.25) is 0 Å². The van der Waals surface area contributed by atoms with Gasteiger partial charge < -0.3 is 0 Å². The Kier molecular flexibility index (Phi) is 3.51. The molecule has 2 rings (SSSR count). The van der Waals surface area contributed by atoms with Crippen LogP contribution in [-0.2, 0) is 0 Å². The summed E-state index contributed by atoms with van der Waals surface area (Å²) in [7, 11) is 0. The summed E-state index contributed by atoms with van der Waals surface area (Å²) < 4.78 is 0. The third-order valence-electron chi connectivity index (χ3n) is 2.25. The van der Waals surface area contributed by atoms with Gasteiger partial charge in [0.1, 0.15) is 0 Å². The maximum absolute atomic E-state index is 3.12. The fourth-order valence-electron chi connectivity index (χ4n) is 1.50. The van der Waals surface area contributed by atoms with E-state index in [0.29, 0.717) is 0 Å². The van der Waals surface area contributed by atoms with Gasteiger partial charge in [-0.2, -0.15) is 0 Å². The number of allylic oxidation sites excluding steroid dienone is 4. The van der Waals surface area contributed by atoms with Crippen LogP contribution in [0.1, 0.15) is 12.5 Å². The molecular formula is C15H14S. The van der Waals surface area contributed by atoms with Crippen LogP contribution in [0.4, 0.5) is 0 Å². The average molecular weight is 226 g/mol. The van der Waals surface area contributed by atoms with Crippen molar-refractivity contribution in [1.82, 2.24) is 0 Å². The molecule has 0 saturated heterocycles. The smallest absolute Gasteiger partial charge is 0.0131 e. The van der Waals surface area contributed by atoms with Crippen LogP contribution in [0.15, 0.2) is 69.7 Å². The maximum atomic E-state index is 3.12. The van der Waals surface area contributed by atoms with Crippen LogP contribution >= 0.6 is 11.8 Å². The van der Waals surface area contributed by atoms with E-state index in [4.69, 9.17) is 0 Å². The largest absolute Gasteiger partial charge is 0.121 e. The summed E-state index contributed by atoms with van der Waals surface area (Å²) in [6, 6.07) is 8.56. The standard InChI is InChI=1S/C15H14S/c1-12-6-3-4-8-14(10-12)16-15-9-5-7-13(2)11-15/h4-11H,1-2H3. The Hall–Kier alpha value is -1.43. The van der Waals surface area contributed by atoms with Crippen LogP contribution in [0, 0.1) is 6.92 Å². The molecule has 0 fully saturated rings. The zero-order chi connectivity index (χ0) is 11.4. The van der Waals surface area contributed by atoms with Crippen LogP contribution < -0.4 is 0 Å². The molecule has 16 heavy (non-hydrogen) atoms. The summed E-state index contributed by atoms with van der Waals surface area (Å²) in [4.78, 5) is 2.54. The minimum absolute atomic E-state index is 1.24. The first kappa shape index (κ1) is 11.1. The van der Waals surface area contributed by atoms with Crippen LogP contribution in [0.2, 0.25) is 0 Å². The molecule has 80 valence electrons. The van der Waals surface area contributed by atoms with E-state index < -0.39 is 0 Å². The van der Waals surface area contributed by atoms with Crippen molar-refractivity contribution in [1.29, 1.82) is 0 Å². The summed E-state index contributed by atoms with van der Waals surface area (Å²) in [6.07, 6.45) is 8.24. The lowest BCUT2D eigenvalue weighted by Crippen LogP contribution is -1.77. The van der Waals surface area contributed by atoms with E-state index in [-0.39, 0.29) is 0 Å². The lowest BCUT2D eigenvalue weighted by Gasteiger charge is -2.03. The molecule has 0 heterocycles. The van der Waals surface area contributed by atoms with Crippen LogP contribution in [0.5, 0.6) is 0 Å². The van der Waals surface area contributed by atoms with Crippen molar-refractivity contribution in [3.63, 3.8) is 0 Å². The van der Waals surface area contributed by atoms with Gasteiger partial charge in [-0.15, -0.1) is 5.73 Å². The first-order valence-electron chi connectivity index (χ1n) is 5.29. The third kappa shape index (κ3) is 3.03. The number of thioether (sulfide) groups is 1. The van der Waals surface area contributed by atoms with Crippen molar-refractivity contribution in [2.45, 2.75) is 18.7 Å². The normalized spacial score (nSPS) is 14.4. The van der Waals surface area contributed by atoms with E-state index >= 15 is 0 Å². The molecule has 0 aromatic heterocycles. The fraction of sp³-hybridized carbons (Fsp3) is 0.133. The van der Waals surface area contributed by atoms with Crippen molar-refractivity contribution in [3.05, 3.63) is 70.3 Å². The lowest BCUT2D eigenvalue weighted by molar-refractivity contribution is 1.36. The van der Waals surface area contributed by atoms with E-state index in [1.54, 1.807) is 11.8 Å². The molecule has 0 radical (unpaired) electrons. The minimum Gasteiger partial charge on any atom is -0.121 e. The topological polar surface area (TPSA) is 0 Å². The molecule has 0 spiro atoms. The first-order chi connectivity index (χ1) is 7.74. The number of aryl methyl sites for hydroxylation is 1. The number of rotatable bonds is 2. The molecule has 1 aliphatic carbocycles. The molecular weight excluding hydrogens is 212 g/mol. The van der Waals surface area contributed by atoms with Gasteiger partial charge in [0.2, 0.25) is 0 Å². The van der Waals surface area contributed by atoms with Crippen LogP contribution in [0.3, 0.4) is 0 Å². The summed E-state index contributed by atoms with van der Waals surface area (Å²) in [5.41, 5.74) is 5.65. The molecule has 0 atom stereocenters. The Morgan fingerprint density at radius 2 is 2.06 bits per heavy atom. The molecule has 1 aromatic carbocycles. The van der Waals surface area contributed by atoms with Gasteiger partial charge in [-0.05, 0) is 55.9 Å². The first-order valence-corrected chi connectivity index (χ1v) is 6.11. The highest BCUT2D eigenvalue weighted by Gasteiger charge is 1.99. The summed E-state index contributed by atoms with van der Waals surface area (Å²) in [5.74, 6) is 0. The van der Waals surface area contributed by atoms with Gasteiger partial charge in [-0.1, -0.05) is 29.5 Å². The molecule has 0 N–H and O–H groups in total. The summed E-state index contributed by atoms with van der Waals surface area (Å²) in [6.45, 7) is 4.21. The van der Waals surface area contributed by atoms with Crippen molar-refractivity contribution in [3.8, 4) is 0 Å². The van der Waals surface area contributed by atoms with Gasteiger partial charge in [0.25, 0.3) is 0 Å². The minimum atomic E-state index is 1.24. The van der Waals surface area contributed by atoms with Gasteiger partial charge >= 0.3 is 0 Å². The predicted molar refractivity (Wildman–Crippen MR) is 71.5 cm³/mol. The van der Waals surface area contributed by atoms with E-state index in [1.807, 2.05) is 12.2 Å². The lowest BCUT2D eigenvalue weighted by atomic mass is 10.2. The second-order valence-electron chi connectivity index (χ2n) is 3.85. The number of hydrogen-bond donors (Lipinski definition) is 0. The number of hydrogen-bond acceptors (Lipinski definition) is 1. The zero-order valence-corrected chi connectivity index (χ0v) is 10.3. The molecule has 0 saturated carbocycles. The molecule has 1 aromatic rings. The average Bonchev–Trinajstić information content (AvgIpc) is 2.43. The Morgan fingerprint density at radius 3 is 2.88 bits per heavy atom. The number of benzene rings is 1. The van der Waals surface area contributed by atoms with Gasteiger partial charge in [-0.25, -0.2) is 0 Å². The van der Waals surface area contributed by atoms with E-state index in [2.05, 4.69) is 56.0 Å². The van der Waals surface area contributed by atoms with E-state index in [9.17, 15) is 0 Å². The van der Waals surface area contributed by atoms with Crippen molar-refractivity contribution in [2.75, 3.05) is 0 Å². The summed E-state index contributed by atoms with van der Waals surface area (Å²) in [5, 5.41) is 0. The van der Waals surface area contributed by atoms with E-state index in [1.165, 1.54) is 20.9 Å². The molecule has 0 amide bonds. The zero-order valence-electron chi connectivity index (χ0n) is 9.53. The predicted octanol–water partition coefficient (Wildman–Crippen LogP) is 4.64. The highest BCUT2D eigenvalue weighted by atomic mass is 32.2. The van der Waals surface area contributed by atoms with Crippen molar-refractivity contribution >= 4 is 11.8 Å². The highest BCUT2D eigenvalue weighted by molar-refractivity contribution is 8.03. The quantitative estimate of drug-likeness (QED) is 0.662. The SMILES string of the molecule is CC1=CC(Sc2cccc(C)c2)=CC=C=C1. The second kappa shape index (κ2) is 5.07. The van der Waals surface area contributed by atoms with Crippen LogP contribution in [0.25, 0.3) is 0 Å². The Bertz CT molecular complexity index is 512. The van der Waals surface area contributed by atoms with Crippen molar-refractivity contribution in [2.24, 2.45) is 0 Å². The Labute approximate surface area is 101 Å². The molecule has 1 aliphatic rings. The highest BCUT2D eigenvalue weighted by Crippen LogP contribution is 2.29. The molecule has 1 heteroatoms. The Balaban J connectivity index is 2.20. The monoisotopic (exact) mass is 226 g/mol. The van der Waals surface area contributed by atoms with Gasteiger partial charge in [0, 0.05) is 9.80 Å². The molecule has 0 nitrogen and oxygen atoms in total. The second-order valence-corrected chi connectivity index (χ2v) is 5.00. The summed E-state index contributed by atoms with van der Waals surface area (Å²) >= 11 is 1.79. The van der Waals surface area contributed by atoms with Gasteiger partial charge in [0.15, 0.2) is 0 Å². The van der Waals surface area contributed by atoms with E-state index in [0.717, 1.165) is 0 Å². The molecule has 0 aliphatic heterocycles. The molecule has 0 unspecified atom stereocenters. The third-order valence-corrected chi connectivity index (χ3v) is 3.23.